The van der Waals surface area contributed by atoms with Crippen molar-refractivity contribution in [1.29, 1.82) is 0 Å². The van der Waals surface area contributed by atoms with E-state index in [0.29, 0.717) is 31.5 Å². The summed E-state index contributed by atoms with van der Waals surface area (Å²) in [5.41, 5.74) is 2.83. The summed E-state index contributed by atoms with van der Waals surface area (Å²) in [6, 6.07) is 17.6. The minimum Gasteiger partial charge on any atom is -0.486 e. The predicted octanol–water partition coefficient (Wildman–Crippen LogP) is 7.13. The van der Waals surface area contributed by atoms with Gasteiger partial charge in [0.05, 0.1) is 35.9 Å². The average molecular weight is 657 g/mol. The molecule has 0 saturated carbocycles. The van der Waals surface area contributed by atoms with Crippen molar-refractivity contribution in [2.45, 2.75) is 57.6 Å². The topological polar surface area (TPSA) is 112 Å². The molecule has 2 aliphatic rings. The van der Waals surface area contributed by atoms with E-state index >= 15 is 0 Å². The first-order chi connectivity index (χ1) is 22.7. The maximum Gasteiger partial charge on any atom is 0.410 e. The van der Waals surface area contributed by atoms with Crippen LogP contribution in [0.4, 0.5) is 4.79 Å². The van der Waals surface area contributed by atoms with Gasteiger partial charge in [-0.1, -0.05) is 30.3 Å². The van der Waals surface area contributed by atoms with Gasteiger partial charge in [0.1, 0.15) is 41.3 Å². The Kier molecular flexibility index (Phi) is 11.2. The number of carbonyl (C=O) groups excluding carboxylic acids is 1. The van der Waals surface area contributed by atoms with Crippen molar-refractivity contribution in [3.63, 3.8) is 0 Å². The Balaban J connectivity index is 0.000000178. The molecule has 2 atom stereocenters. The molecular formula is C34H36N6O4S2. The largest absolute Gasteiger partial charge is 0.486 e. The summed E-state index contributed by atoms with van der Waals surface area (Å²) in [6.45, 7) is 2.97. The van der Waals surface area contributed by atoms with Gasteiger partial charge in [0, 0.05) is 29.7 Å². The fraction of sp³-hybridized carbons (Fsp3) is 0.324. The number of likely N-dealkylation sites (tertiary alicyclic amines) is 1. The summed E-state index contributed by atoms with van der Waals surface area (Å²) in [5, 5.41) is 9.62. The molecule has 4 aromatic heterocycles. The lowest BCUT2D eigenvalue weighted by Crippen LogP contribution is -2.31. The van der Waals surface area contributed by atoms with Crippen molar-refractivity contribution < 1.29 is 19.0 Å². The van der Waals surface area contributed by atoms with Crippen LogP contribution in [-0.4, -0.2) is 44.0 Å². The Bertz CT molecular complexity index is 1630. The van der Waals surface area contributed by atoms with Gasteiger partial charge in [-0.3, -0.25) is 14.9 Å². The predicted molar refractivity (Wildman–Crippen MR) is 177 cm³/mol. The summed E-state index contributed by atoms with van der Waals surface area (Å²) < 4.78 is 16.8. The summed E-state index contributed by atoms with van der Waals surface area (Å²) in [7, 11) is 0. The number of benzene rings is 1. The molecule has 0 aliphatic carbocycles. The maximum absolute atomic E-state index is 12.6. The van der Waals surface area contributed by atoms with E-state index in [1.54, 1.807) is 52.4 Å². The number of thiazole rings is 2. The number of ether oxygens (including phenoxy) is 3. The average Bonchev–Trinajstić information content (AvgIpc) is 3.94. The van der Waals surface area contributed by atoms with Crippen molar-refractivity contribution in [1.82, 2.24) is 30.2 Å². The molecule has 1 N–H and O–H groups in total. The molecular weight excluding hydrogens is 621 g/mol. The smallest absolute Gasteiger partial charge is 0.410 e. The standard InChI is InChI=1S/C21H21N3O3S.C13H15N3OS/c25-21(27-13-16-6-2-1-3-7-16)24-11-5-9-19(24)20-23-17(15-28-20)14-26-18-8-4-10-22-12-18;1-3-11(7-14-5-1)17-8-10-9-18-13(16-10)12-4-2-6-15-12/h1-4,6-8,10,12,15,19H,5,9,11,13-14H2;1,3,5,7,9,12,15H,2,4,6,8H2/t19-;12-/m00/s1. The zero-order valence-corrected chi connectivity index (χ0v) is 27.0. The van der Waals surface area contributed by atoms with Crippen LogP contribution in [0.25, 0.3) is 0 Å². The van der Waals surface area contributed by atoms with Gasteiger partial charge in [0.2, 0.25) is 0 Å². The number of hydrogen-bond acceptors (Lipinski definition) is 11. The second-order valence-corrected chi connectivity index (χ2v) is 12.6. The highest BCUT2D eigenvalue weighted by atomic mass is 32.1. The lowest BCUT2D eigenvalue weighted by molar-refractivity contribution is 0.0920. The molecule has 7 rings (SSSR count). The van der Waals surface area contributed by atoms with Gasteiger partial charge >= 0.3 is 6.09 Å². The fourth-order valence-corrected chi connectivity index (χ4v) is 7.07. The number of nitrogens with zero attached hydrogens (tertiary/aromatic N) is 5. The first-order valence-corrected chi connectivity index (χ1v) is 17.1. The van der Waals surface area contributed by atoms with Crippen LogP contribution < -0.4 is 14.8 Å². The molecule has 0 unspecified atom stereocenters. The van der Waals surface area contributed by atoms with E-state index in [4.69, 9.17) is 14.2 Å². The second kappa shape index (κ2) is 16.3. The molecule has 0 spiro atoms. The van der Waals surface area contributed by atoms with Crippen molar-refractivity contribution in [2.24, 2.45) is 0 Å². The molecule has 2 fully saturated rings. The minimum atomic E-state index is -0.283. The van der Waals surface area contributed by atoms with Crippen LogP contribution in [0.3, 0.4) is 0 Å². The van der Waals surface area contributed by atoms with Gasteiger partial charge in [-0.25, -0.2) is 14.8 Å². The van der Waals surface area contributed by atoms with Crippen molar-refractivity contribution in [3.8, 4) is 11.5 Å². The summed E-state index contributed by atoms with van der Waals surface area (Å²) in [6.07, 6.45) is 10.8. The lowest BCUT2D eigenvalue weighted by atomic mass is 10.2. The van der Waals surface area contributed by atoms with E-state index in [2.05, 4.69) is 30.6 Å². The molecule has 10 nitrogen and oxygen atoms in total. The summed E-state index contributed by atoms with van der Waals surface area (Å²) >= 11 is 3.27. The van der Waals surface area contributed by atoms with Crippen LogP contribution in [-0.2, 0) is 24.6 Å². The van der Waals surface area contributed by atoms with E-state index < -0.39 is 0 Å². The Morgan fingerprint density at radius 2 is 1.48 bits per heavy atom. The highest BCUT2D eigenvalue weighted by molar-refractivity contribution is 7.10. The van der Waals surface area contributed by atoms with Crippen molar-refractivity contribution >= 4 is 28.8 Å². The Morgan fingerprint density at radius 3 is 2.11 bits per heavy atom. The second-order valence-electron chi connectivity index (χ2n) is 10.8. The summed E-state index contributed by atoms with van der Waals surface area (Å²) in [5.74, 6) is 1.50. The first kappa shape index (κ1) is 31.6. The van der Waals surface area contributed by atoms with Gasteiger partial charge in [0.25, 0.3) is 0 Å². The monoisotopic (exact) mass is 656 g/mol. The number of hydrogen-bond donors (Lipinski definition) is 1. The highest BCUT2D eigenvalue weighted by Crippen LogP contribution is 2.34. The number of amides is 1. The van der Waals surface area contributed by atoms with Crippen LogP contribution in [0.15, 0.2) is 90.1 Å². The van der Waals surface area contributed by atoms with E-state index in [1.807, 2.05) is 60.0 Å². The third-order valence-electron chi connectivity index (χ3n) is 7.52. The van der Waals surface area contributed by atoms with Crippen molar-refractivity contribution in [2.75, 3.05) is 13.1 Å². The quantitative estimate of drug-likeness (QED) is 0.168. The molecule has 1 amide bonds. The number of aromatic nitrogens is 4. The maximum atomic E-state index is 12.6. The van der Waals surface area contributed by atoms with Gasteiger partial charge in [0.15, 0.2) is 0 Å². The SMILES string of the molecule is O=C(OCc1ccccc1)N1CCC[C@H]1c1nc(COc2cccnc2)cs1.c1cncc(OCc2csc([C@@H]3CCCN3)n2)c1. The van der Waals surface area contributed by atoms with Crippen LogP contribution in [0.5, 0.6) is 11.5 Å². The Morgan fingerprint density at radius 1 is 0.804 bits per heavy atom. The van der Waals surface area contributed by atoms with Crippen molar-refractivity contribution in [3.05, 3.63) is 117 Å². The lowest BCUT2D eigenvalue weighted by Gasteiger charge is -2.22. The number of carbonyl (C=O) groups is 1. The molecule has 2 aliphatic heterocycles. The Labute approximate surface area is 276 Å². The van der Waals surface area contributed by atoms with Gasteiger partial charge < -0.3 is 19.5 Å². The highest BCUT2D eigenvalue weighted by Gasteiger charge is 2.33. The van der Waals surface area contributed by atoms with E-state index in [0.717, 1.165) is 47.1 Å². The molecule has 1 aromatic carbocycles. The molecule has 2 saturated heterocycles. The van der Waals surface area contributed by atoms with E-state index in [9.17, 15) is 4.79 Å². The third kappa shape index (κ3) is 8.87. The van der Waals surface area contributed by atoms with Crippen LogP contribution in [0.2, 0.25) is 0 Å². The Hall–Kier alpha value is -4.39. The first-order valence-electron chi connectivity index (χ1n) is 15.4. The number of nitrogens with one attached hydrogen (secondary N) is 1. The van der Waals surface area contributed by atoms with Crippen LogP contribution in [0, 0.1) is 0 Å². The molecule has 12 heteroatoms. The van der Waals surface area contributed by atoms with Gasteiger partial charge in [-0.15, -0.1) is 22.7 Å². The molecule has 238 valence electrons. The molecule has 46 heavy (non-hydrogen) atoms. The van der Waals surface area contributed by atoms with E-state index in [-0.39, 0.29) is 18.7 Å². The van der Waals surface area contributed by atoms with Gasteiger partial charge in [-0.05, 0) is 62.1 Å². The molecule has 0 radical (unpaired) electrons. The molecule has 0 bridgehead atoms. The zero-order valence-electron chi connectivity index (χ0n) is 25.4. The van der Waals surface area contributed by atoms with Crippen LogP contribution >= 0.6 is 22.7 Å². The normalized spacial score (nSPS) is 17.3. The minimum absolute atomic E-state index is 0.0274. The third-order valence-corrected chi connectivity index (χ3v) is 9.52. The molecule has 6 heterocycles. The summed E-state index contributed by atoms with van der Waals surface area (Å²) in [4.78, 5) is 31.7. The zero-order chi connectivity index (χ0) is 31.4. The molecule has 5 aromatic rings. The number of pyridine rings is 2. The van der Waals surface area contributed by atoms with Crippen LogP contribution in [0.1, 0.15) is 64.7 Å². The number of rotatable bonds is 10. The fourth-order valence-electron chi connectivity index (χ4n) is 5.21. The van der Waals surface area contributed by atoms with E-state index in [1.165, 1.54) is 17.8 Å². The van der Waals surface area contributed by atoms with Gasteiger partial charge in [-0.2, -0.15) is 0 Å².